The number of hydrogen-bond acceptors (Lipinski definition) is 5. The molecule has 7 heteroatoms. The van der Waals surface area contributed by atoms with E-state index in [1.54, 1.807) is 18.2 Å². The van der Waals surface area contributed by atoms with Crippen LogP contribution in [0.3, 0.4) is 0 Å². The van der Waals surface area contributed by atoms with Gasteiger partial charge >= 0.3 is 0 Å². The first-order chi connectivity index (χ1) is 15.5. The van der Waals surface area contributed by atoms with Crippen LogP contribution in [0.2, 0.25) is 5.15 Å². The van der Waals surface area contributed by atoms with Gasteiger partial charge in [-0.2, -0.15) is 0 Å². The summed E-state index contributed by atoms with van der Waals surface area (Å²) in [5.74, 6) is 0.512. The Labute approximate surface area is 190 Å². The molecule has 1 atom stereocenters. The number of carbonyl (C=O) groups excluding carboxylic acids is 1. The summed E-state index contributed by atoms with van der Waals surface area (Å²) in [4.78, 5) is 18.1. The predicted octanol–water partition coefficient (Wildman–Crippen LogP) is 5.80. The van der Waals surface area contributed by atoms with Crippen molar-refractivity contribution in [2.24, 2.45) is 0 Å². The quantitative estimate of drug-likeness (QED) is 0.389. The van der Waals surface area contributed by atoms with Gasteiger partial charge in [0, 0.05) is 22.7 Å². The molecule has 0 bridgehead atoms. The zero-order valence-electron chi connectivity index (χ0n) is 17.6. The van der Waals surface area contributed by atoms with Crippen LogP contribution in [-0.4, -0.2) is 23.0 Å². The molecule has 1 unspecified atom stereocenters. The maximum Gasteiger partial charge on any atom is 0.276 e. The molecule has 6 nitrogen and oxygen atoms in total. The fourth-order valence-corrected chi connectivity index (χ4v) is 4.15. The summed E-state index contributed by atoms with van der Waals surface area (Å²) < 4.78 is 5.33. The lowest BCUT2D eigenvalue weighted by atomic mass is 10.0. The summed E-state index contributed by atoms with van der Waals surface area (Å²) in [5.41, 5.74) is 7.88. The lowest BCUT2D eigenvalue weighted by Gasteiger charge is -2.38. The smallest absolute Gasteiger partial charge is 0.276 e. The molecular formula is C25H21ClN4O2. The zero-order chi connectivity index (χ0) is 22.2. The van der Waals surface area contributed by atoms with Gasteiger partial charge in [-0.05, 0) is 49.4 Å². The molecule has 1 amide bonds. The second-order valence-electron chi connectivity index (χ2n) is 7.68. The first kappa shape index (κ1) is 20.2. The van der Waals surface area contributed by atoms with Crippen LogP contribution in [-0.2, 0) is 0 Å². The van der Waals surface area contributed by atoms with Crippen molar-refractivity contribution >= 4 is 39.8 Å². The van der Waals surface area contributed by atoms with Crippen LogP contribution in [0.4, 0.5) is 11.4 Å². The number of ether oxygens (including phenoxy) is 1. The minimum Gasteiger partial charge on any atom is -0.497 e. The first-order valence-corrected chi connectivity index (χ1v) is 10.6. The Morgan fingerprint density at radius 3 is 2.75 bits per heavy atom. The Kier molecular flexibility index (Phi) is 5.07. The number of para-hydroxylation sites is 1. The van der Waals surface area contributed by atoms with Gasteiger partial charge in [-0.1, -0.05) is 41.4 Å². The third-order valence-corrected chi connectivity index (χ3v) is 5.79. The van der Waals surface area contributed by atoms with Crippen molar-refractivity contribution in [3.05, 3.63) is 94.6 Å². The maximum atomic E-state index is 13.5. The van der Waals surface area contributed by atoms with Crippen molar-refractivity contribution in [3.63, 3.8) is 0 Å². The van der Waals surface area contributed by atoms with Gasteiger partial charge in [0.1, 0.15) is 10.9 Å². The number of anilines is 2. The van der Waals surface area contributed by atoms with Gasteiger partial charge in [0.2, 0.25) is 0 Å². The summed E-state index contributed by atoms with van der Waals surface area (Å²) >= 11 is 6.63. The topological polar surface area (TPSA) is 66.5 Å². The van der Waals surface area contributed by atoms with Crippen LogP contribution < -0.4 is 15.5 Å². The molecule has 0 fully saturated rings. The number of hydrogen-bond donors (Lipinski definition) is 2. The van der Waals surface area contributed by atoms with E-state index in [0.29, 0.717) is 27.7 Å². The number of rotatable bonds is 4. The van der Waals surface area contributed by atoms with Crippen LogP contribution in [0.1, 0.15) is 27.7 Å². The molecule has 1 aromatic heterocycles. The summed E-state index contributed by atoms with van der Waals surface area (Å²) in [6.45, 7) is 2.03. The molecule has 2 N–H and O–H groups in total. The van der Waals surface area contributed by atoms with Gasteiger partial charge in [0.05, 0.1) is 23.9 Å². The highest BCUT2D eigenvalue weighted by Crippen LogP contribution is 2.37. The van der Waals surface area contributed by atoms with Crippen LogP contribution in [0.5, 0.6) is 5.75 Å². The minimum atomic E-state index is -0.575. The lowest BCUT2D eigenvalue weighted by Crippen LogP contribution is -2.46. The number of methoxy groups -OCH3 is 1. The highest BCUT2D eigenvalue weighted by atomic mass is 35.5. The Bertz CT molecular complexity index is 1340. The zero-order valence-corrected chi connectivity index (χ0v) is 18.4. The largest absolute Gasteiger partial charge is 0.497 e. The molecule has 0 saturated carbocycles. The molecule has 160 valence electrons. The number of fused-ring (bicyclic) bond motifs is 2. The summed E-state index contributed by atoms with van der Waals surface area (Å²) in [6.07, 6.45) is -0.575. The van der Waals surface area contributed by atoms with Crippen LogP contribution >= 0.6 is 11.6 Å². The molecule has 32 heavy (non-hydrogen) atoms. The monoisotopic (exact) mass is 444 g/mol. The van der Waals surface area contributed by atoms with E-state index in [-0.39, 0.29) is 5.91 Å². The van der Waals surface area contributed by atoms with Crippen LogP contribution in [0.15, 0.2) is 72.8 Å². The number of carbonyl (C=O) groups is 1. The predicted molar refractivity (Wildman–Crippen MR) is 127 cm³/mol. The lowest BCUT2D eigenvalue weighted by molar-refractivity contribution is 0.0733. The van der Waals surface area contributed by atoms with Crippen molar-refractivity contribution in [1.82, 2.24) is 9.99 Å². The Morgan fingerprint density at radius 1 is 1.06 bits per heavy atom. The Balaban J connectivity index is 1.63. The van der Waals surface area contributed by atoms with Gasteiger partial charge in [0.25, 0.3) is 5.91 Å². The van der Waals surface area contributed by atoms with Crippen molar-refractivity contribution in [1.29, 1.82) is 0 Å². The molecule has 0 aliphatic carbocycles. The fraction of sp³-hybridized carbons (Fsp3) is 0.120. The molecular weight excluding hydrogens is 424 g/mol. The molecule has 0 radical (unpaired) electrons. The second kappa shape index (κ2) is 8.05. The SMILES string of the molecule is COc1cccc(NN2C(=O)c3ccccc3NC2c2cc3cc(C)ccc3nc2Cl)c1. The van der Waals surface area contributed by atoms with Crippen LogP contribution in [0.25, 0.3) is 10.9 Å². The Morgan fingerprint density at radius 2 is 1.91 bits per heavy atom. The van der Waals surface area contributed by atoms with Gasteiger partial charge in [-0.15, -0.1) is 0 Å². The van der Waals surface area contributed by atoms with E-state index in [4.69, 9.17) is 16.3 Å². The van der Waals surface area contributed by atoms with E-state index in [1.807, 2.05) is 67.6 Å². The van der Waals surface area contributed by atoms with Gasteiger partial charge < -0.3 is 10.1 Å². The normalized spacial score (nSPS) is 15.3. The number of benzene rings is 3. The van der Waals surface area contributed by atoms with Gasteiger partial charge in [-0.25, -0.2) is 9.99 Å². The molecule has 0 saturated heterocycles. The number of aryl methyl sites for hydroxylation is 1. The first-order valence-electron chi connectivity index (χ1n) is 10.2. The number of halogens is 1. The van der Waals surface area contributed by atoms with E-state index < -0.39 is 6.17 Å². The van der Waals surface area contributed by atoms with Crippen LogP contribution in [0, 0.1) is 6.92 Å². The highest BCUT2D eigenvalue weighted by Gasteiger charge is 2.35. The maximum absolute atomic E-state index is 13.5. The standard InChI is InChI=1S/C25H21ClN4O2/c1-15-10-11-21-16(12-15)13-20(23(26)27-21)24-28-22-9-4-3-8-19(22)25(31)30(24)29-17-6-5-7-18(14-17)32-2/h3-14,24,28-29H,1-2H3. The van der Waals surface area contributed by atoms with E-state index >= 15 is 0 Å². The van der Waals surface area contributed by atoms with E-state index in [9.17, 15) is 4.79 Å². The molecule has 1 aliphatic heterocycles. The molecule has 3 aromatic carbocycles. The number of nitrogens with zero attached hydrogens (tertiary/aromatic N) is 2. The van der Waals surface area contributed by atoms with Crippen molar-refractivity contribution < 1.29 is 9.53 Å². The number of hydrazine groups is 1. The summed E-state index contributed by atoms with van der Waals surface area (Å²) in [7, 11) is 1.61. The average molecular weight is 445 g/mol. The van der Waals surface area contributed by atoms with Gasteiger partial charge in [-0.3, -0.25) is 10.2 Å². The second-order valence-corrected chi connectivity index (χ2v) is 8.03. The van der Waals surface area contributed by atoms with Gasteiger partial charge in [0.15, 0.2) is 6.17 Å². The minimum absolute atomic E-state index is 0.174. The third-order valence-electron chi connectivity index (χ3n) is 5.49. The third kappa shape index (κ3) is 3.59. The molecule has 2 heterocycles. The highest BCUT2D eigenvalue weighted by molar-refractivity contribution is 6.30. The summed E-state index contributed by atoms with van der Waals surface area (Å²) in [6, 6.07) is 22.8. The molecule has 0 spiro atoms. The number of aromatic nitrogens is 1. The average Bonchev–Trinajstić information content (AvgIpc) is 2.81. The Hall–Kier alpha value is -3.77. The molecule has 1 aliphatic rings. The number of nitrogens with one attached hydrogen (secondary N) is 2. The van der Waals surface area contributed by atoms with Crippen molar-refractivity contribution in [3.8, 4) is 5.75 Å². The molecule has 4 aromatic rings. The van der Waals surface area contributed by atoms with Crippen molar-refractivity contribution in [2.75, 3.05) is 17.9 Å². The molecule has 5 rings (SSSR count). The van der Waals surface area contributed by atoms with E-state index in [0.717, 1.165) is 22.2 Å². The van der Waals surface area contributed by atoms with E-state index in [2.05, 4.69) is 21.8 Å². The number of pyridine rings is 1. The number of amides is 1. The summed E-state index contributed by atoms with van der Waals surface area (Å²) in [5, 5.41) is 6.29. The fourth-order valence-electron chi connectivity index (χ4n) is 3.90. The van der Waals surface area contributed by atoms with Crippen molar-refractivity contribution in [2.45, 2.75) is 13.1 Å². The van der Waals surface area contributed by atoms with E-state index in [1.165, 1.54) is 0 Å².